The Hall–Kier alpha value is -3.14. The van der Waals surface area contributed by atoms with Crippen LogP contribution in [0.4, 0.5) is 4.79 Å². The molecule has 3 amide bonds. The summed E-state index contributed by atoms with van der Waals surface area (Å²) in [5, 5.41) is 13.4. The predicted octanol–water partition coefficient (Wildman–Crippen LogP) is 2.13. The average Bonchev–Trinajstić information content (AvgIpc) is 2.51. The third kappa shape index (κ3) is 7.79. The van der Waals surface area contributed by atoms with Gasteiger partial charge in [-0.3, -0.25) is 10.1 Å². The standard InChI is InChI=1S/C18H21N3O4/c1-12(16(23)20-17(24)21-18(2,3)4)25-15(22)10-9-13-5-7-14(11-19)8-6-13/h5-10,12H,1-4H3,(H2,20,21,23,24)/b10-9+/t12-/m0/s1. The molecule has 0 radical (unpaired) electrons. The Kier molecular flexibility index (Phi) is 6.88. The van der Waals surface area contributed by atoms with Crippen LogP contribution in [0.5, 0.6) is 0 Å². The summed E-state index contributed by atoms with van der Waals surface area (Å²) in [7, 11) is 0. The van der Waals surface area contributed by atoms with Gasteiger partial charge in [-0.15, -0.1) is 0 Å². The minimum atomic E-state index is -1.12. The molecule has 0 spiro atoms. The number of carbonyl (C=O) groups excluding carboxylic acids is 3. The molecule has 1 atom stereocenters. The van der Waals surface area contributed by atoms with E-state index < -0.39 is 29.6 Å². The highest BCUT2D eigenvalue weighted by molar-refractivity contribution is 5.98. The summed E-state index contributed by atoms with van der Waals surface area (Å²) in [6.07, 6.45) is 1.55. The Morgan fingerprint density at radius 2 is 1.80 bits per heavy atom. The molecule has 132 valence electrons. The van der Waals surface area contributed by atoms with Crippen LogP contribution >= 0.6 is 0 Å². The number of hydrogen-bond donors (Lipinski definition) is 2. The van der Waals surface area contributed by atoms with Gasteiger partial charge in [0.25, 0.3) is 5.91 Å². The number of benzene rings is 1. The van der Waals surface area contributed by atoms with Crippen LogP contribution in [0.2, 0.25) is 0 Å². The van der Waals surface area contributed by atoms with Crippen molar-refractivity contribution in [3.63, 3.8) is 0 Å². The molecule has 2 N–H and O–H groups in total. The quantitative estimate of drug-likeness (QED) is 0.643. The van der Waals surface area contributed by atoms with Crippen LogP contribution in [0, 0.1) is 11.3 Å². The van der Waals surface area contributed by atoms with Crippen molar-refractivity contribution in [1.82, 2.24) is 10.6 Å². The van der Waals surface area contributed by atoms with Gasteiger partial charge in [0.1, 0.15) is 0 Å². The van der Waals surface area contributed by atoms with Crippen molar-refractivity contribution in [2.75, 3.05) is 0 Å². The van der Waals surface area contributed by atoms with E-state index in [9.17, 15) is 14.4 Å². The number of ether oxygens (including phenoxy) is 1. The number of hydrogen-bond acceptors (Lipinski definition) is 5. The van der Waals surface area contributed by atoms with Crippen LogP contribution in [-0.4, -0.2) is 29.6 Å². The van der Waals surface area contributed by atoms with E-state index >= 15 is 0 Å². The van der Waals surface area contributed by atoms with Gasteiger partial charge in [0, 0.05) is 11.6 Å². The Morgan fingerprint density at radius 1 is 1.20 bits per heavy atom. The monoisotopic (exact) mass is 343 g/mol. The zero-order chi connectivity index (χ0) is 19.0. The second-order valence-electron chi connectivity index (χ2n) is 6.34. The van der Waals surface area contributed by atoms with Gasteiger partial charge in [0.2, 0.25) is 0 Å². The number of imide groups is 1. The second kappa shape index (κ2) is 8.64. The number of urea groups is 1. The normalized spacial score (nSPS) is 12.1. The van der Waals surface area contributed by atoms with Crippen molar-refractivity contribution in [1.29, 1.82) is 5.26 Å². The van der Waals surface area contributed by atoms with E-state index in [1.807, 2.05) is 6.07 Å². The van der Waals surface area contributed by atoms with Crippen LogP contribution in [-0.2, 0) is 14.3 Å². The van der Waals surface area contributed by atoms with Crippen LogP contribution < -0.4 is 10.6 Å². The molecule has 1 aromatic carbocycles. The van der Waals surface area contributed by atoms with E-state index in [2.05, 4.69) is 10.6 Å². The van der Waals surface area contributed by atoms with Gasteiger partial charge in [-0.25, -0.2) is 9.59 Å². The van der Waals surface area contributed by atoms with E-state index in [1.165, 1.54) is 19.1 Å². The summed E-state index contributed by atoms with van der Waals surface area (Å²) >= 11 is 0. The molecule has 0 heterocycles. The lowest BCUT2D eigenvalue weighted by Crippen LogP contribution is -2.50. The molecule has 0 saturated carbocycles. The molecule has 0 saturated heterocycles. The predicted molar refractivity (Wildman–Crippen MR) is 92.2 cm³/mol. The Balaban J connectivity index is 2.52. The molecular weight excluding hydrogens is 322 g/mol. The maximum absolute atomic E-state index is 11.8. The summed E-state index contributed by atoms with van der Waals surface area (Å²) in [6, 6.07) is 7.93. The minimum absolute atomic E-state index is 0.492. The van der Waals surface area contributed by atoms with E-state index in [1.54, 1.807) is 45.0 Å². The molecule has 1 rings (SSSR count). The number of rotatable bonds is 4. The Bertz CT molecular complexity index is 709. The SMILES string of the molecule is C[C@H](OC(=O)/C=C/c1ccc(C#N)cc1)C(=O)NC(=O)NC(C)(C)C. The molecule has 0 aliphatic heterocycles. The first-order valence-corrected chi connectivity index (χ1v) is 7.62. The van der Waals surface area contributed by atoms with E-state index in [0.717, 1.165) is 0 Å². The summed E-state index contributed by atoms with van der Waals surface area (Å²) in [4.78, 5) is 35.1. The molecular formula is C18H21N3O4. The molecule has 0 bridgehead atoms. The first kappa shape index (κ1) is 19.9. The zero-order valence-electron chi connectivity index (χ0n) is 14.6. The largest absolute Gasteiger partial charge is 0.449 e. The highest BCUT2D eigenvalue weighted by Crippen LogP contribution is 2.06. The smallest absolute Gasteiger partial charge is 0.331 e. The van der Waals surface area contributed by atoms with Gasteiger partial charge in [-0.05, 0) is 51.5 Å². The summed E-state index contributed by atoms with van der Waals surface area (Å²) in [5.74, 6) is -1.44. The highest BCUT2D eigenvalue weighted by Gasteiger charge is 2.21. The number of amides is 3. The molecule has 0 aromatic heterocycles. The fourth-order valence-corrected chi connectivity index (χ4v) is 1.69. The van der Waals surface area contributed by atoms with Gasteiger partial charge in [-0.1, -0.05) is 12.1 Å². The van der Waals surface area contributed by atoms with Gasteiger partial charge >= 0.3 is 12.0 Å². The van der Waals surface area contributed by atoms with Crippen molar-refractivity contribution in [2.24, 2.45) is 0 Å². The third-order valence-electron chi connectivity index (χ3n) is 2.84. The minimum Gasteiger partial charge on any atom is -0.449 e. The topological polar surface area (TPSA) is 108 Å². The van der Waals surface area contributed by atoms with Gasteiger partial charge in [0.15, 0.2) is 6.10 Å². The average molecular weight is 343 g/mol. The van der Waals surface area contributed by atoms with E-state index in [-0.39, 0.29) is 0 Å². The lowest BCUT2D eigenvalue weighted by atomic mass is 10.1. The molecule has 1 aromatic rings. The Morgan fingerprint density at radius 3 is 2.32 bits per heavy atom. The summed E-state index contributed by atoms with van der Waals surface area (Å²) in [6.45, 7) is 6.69. The molecule has 25 heavy (non-hydrogen) atoms. The van der Waals surface area contributed by atoms with E-state index in [0.29, 0.717) is 11.1 Å². The third-order valence-corrected chi connectivity index (χ3v) is 2.84. The number of nitrogens with zero attached hydrogens (tertiary/aromatic N) is 1. The first-order valence-electron chi connectivity index (χ1n) is 7.62. The maximum Gasteiger partial charge on any atom is 0.331 e. The molecule has 0 fully saturated rings. The van der Waals surface area contributed by atoms with Crippen LogP contribution in [0.1, 0.15) is 38.8 Å². The summed E-state index contributed by atoms with van der Waals surface area (Å²) in [5.41, 5.74) is 0.727. The van der Waals surface area contributed by atoms with Gasteiger partial charge in [-0.2, -0.15) is 5.26 Å². The lowest BCUT2D eigenvalue weighted by molar-refractivity contribution is -0.149. The molecule has 0 aliphatic carbocycles. The number of nitrogens with one attached hydrogen (secondary N) is 2. The van der Waals surface area contributed by atoms with Crippen molar-refractivity contribution in [3.8, 4) is 6.07 Å². The van der Waals surface area contributed by atoms with Gasteiger partial charge < -0.3 is 10.1 Å². The molecule has 7 nitrogen and oxygen atoms in total. The van der Waals surface area contributed by atoms with Crippen LogP contribution in [0.3, 0.4) is 0 Å². The number of nitriles is 1. The number of esters is 1. The summed E-state index contributed by atoms with van der Waals surface area (Å²) < 4.78 is 4.94. The van der Waals surface area contributed by atoms with Crippen molar-refractivity contribution >= 4 is 24.0 Å². The second-order valence-corrected chi connectivity index (χ2v) is 6.34. The van der Waals surface area contributed by atoms with Crippen LogP contribution in [0.25, 0.3) is 6.08 Å². The van der Waals surface area contributed by atoms with Crippen molar-refractivity contribution in [3.05, 3.63) is 41.5 Å². The highest BCUT2D eigenvalue weighted by atomic mass is 16.5. The van der Waals surface area contributed by atoms with Crippen molar-refractivity contribution < 1.29 is 19.1 Å². The van der Waals surface area contributed by atoms with E-state index in [4.69, 9.17) is 10.00 Å². The molecule has 7 heteroatoms. The Labute approximate surface area is 146 Å². The fourth-order valence-electron chi connectivity index (χ4n) is 1.69. The molecule has 0 aliphatic rings. The fraction of sp³-hybridized carbons (Fsp3) is 0.333. The first-order chi connectivity index (χ1) is 11.6. The van der Waals surface area contributed by atoms with Crippen LogP contribution in [0.15, 0.2) is 30.3 Å². The zero-order valence-corrected chi connectivity index (χ0v) is 14.6. The number of carbonyl (C=O) groups is 3. The van der Waals surface area contributed by atoms with Crippen molar-refractivity contribution in [2.45, 2.75) is 39.3 Å². The molecule has 0 unspecified atom stereocenters. The van der Waals surface area contributed by atoms with Gasteiger partial charge in [0.05, 0.1) is 11.6 Å². The lowest BCUT2D eigenvalue weighted by Gasteiger charge is -2.21. The maximum atomic E-state index is 11.8.